The van der Waals surface area contributed by atoms with Gasteiger partial charge >= 0.3 is 0 Å². The van der Waals surface area contributed by atoms with Crippen molar-refractivity contribution < 1.29 is 0 Å². The summed E-state index contributed by atoms with van der Waals surface area (Å²) in [4.78, 5) is 2.59. The van der Waals surface area contributed by atoms with E-state index in [1.165, 1.54) is 112 Å². The average Bonchev–Trinajstić information content (AvgIpc) is 3.51. The first-order valence-electron chi connectivity index (χ1n) is 22.8. The summed E-state index contributed by atoms with van der Waals surface area (Å²) in [6, 6.07) is 52.2. The molecular formula is C58H61N. The minimum absolute atomic E-state index is 0.0557. The van der Waals surface area contributed by atoms with Gasteiger partial charge in [0.05, 0.1) is 0 Å². The van der Waals surface area contributed by atoms with Crippen LogP contribution >= 0.6 is 0 Å². The van der Waals surface area contributed by atoms with E-state index in [-0.39, 0.29) is 21.7 Å². The summed E-state index contributed by atoms with van der Waals surface area (Å²) in [5.74, 6) is 3.18. The van der Waals surface area contributed by atoms with Gasteiger partial charge in [0.1, 0.15) is 0 Å². The number of hydrogen-bond acceptors (Lipinski definition) is 1. The molecule has 0 unspecified atom stereocenters. The van der Waals surface area contributed by atoms with Crippen LogP contribution in [0, 0.1) is 23.7 Å². The Morgan fingerprint density at radius 2 is 0.915 bits per heavy atom. The van der Waals surface area contributed by atoms with Crippen molar-refractivity contribution in [1.29, 1.82) is 0 Å². The Bertz CT molecular complexity index is 2550. The maximum Gasteiger partial charge on any atom is 0.0465 e. The number of hydrogen-bond donors (Lipinski definition) is 0. The van der Waals surface area contributed by atoms with E-state index in [0.29, 0.717) is 11.8 Å². The summed E-state index contributed by atoms with van der Waals surface area (Å²) in [6.07, 6.45) is 9.39. The SMILES string of the molecule is CC(C)(C)c1ccc(-c2ccc3c(c2)C2(c4cc(N(c5ccc(-c6ccccc6)cc5)c5ccc6c(c5)C(C)(C)CCC6(C)C)ccc4-3)C3CC4CC(C3)CC2C4)cc1. The molecule has 6 aromatic rings. The molecule has 0 saturated heterocycles. The summed E-state index contributed by atoms with van der Waals surface area (Å²) in [6.45, 7) is 16.7. The fourth-order valence-electron chi connectivity index (χ4n) is 13.3. The summed E-state index contributed by atoms with van der Waals surface area (Å²) in [5, 5.41) is 0. The smallest absolute Gasteiger partial charge is 0.0465 e. The number of benzene rings is 6. The summed E-state index contributed by atoms with van der Waals surface area (Å²) in [5.41, 5.74) is 20.0. The Hall–Kier alpha value is -4.88. The monoisotopic (exact) mass is 771 g/mol. The van der Waals surface area contributed by atoms with Gasteiger partial charge in [0.15, 0.2) is 0 Å². The molecule has 0 aliphatic heterocycles. The highest BCUT2D eigenvalue weighted by atomic mass is 15.1. The Labute approximate surface area is 353 Å². The van der Waals surface area contributed by atoms with E-state index in [9.17, 15) is 0 Å². The zero-order chi connectivity index (χ0) is 40.5. The van der Waals surface area contributed by atoms with Crippen molar-refractivity contribution in [3.63, 3.8) is 0 Å². The molecule has 4 bridgehead atoms. The average molecular weight is 772 g/mol. The maximum absolute atomic E-state index is 2.68. The topological polar surface area (TPSA) is 3.24 Å². The molecule has 6 aromatic carbocycles. The fraction of sp³-hybridized carbons (Fsp3) is 0.379. The van der Waals surface area contributed by atoms with E-state index >= 15 is 0 Å². The molecule has 1 nitrogen and oxygen atoms in total. The van der Waals surface area contributed by atoms with Crippen molar-refractivity contribution in [3.05, 3.63) is 161 Å². The van der Waals surface area contributed by atoms with Gasteiger partial charge in [-0.05, 0) is 189 Å². The molecule has 12 rings (SSSR count). The third-order valence-electron chi connectivity index (χ3n) is 16.3. The molecule has 4 fully saturated rings. The number of fused-ring (bicyclic) bond motifs is 4. The molecule has 0 N–H and O–H groups in total. The standard InChI is InChI=1S/C58H61N/c1-55(2,3)43-18-13-41(14-19-43)42-17-24-49-50-25-22-47(35-53(50)58(52(49)34-42)44-30-37-29-38(32-44)33-45(58)31-37)59(46-20-15-40(16-21-46)39-11-9-8-10-12-39)48-23-26-51-54(36-48)57(6,7)28-27-56(51,4)5/h8-26,34-38,44-45H,27-33H2,1-7H3. The van der Waals surface area contributed by atoms with Crippen LogP contribution in [0.2, 0.25) is 0 Å². The summed E-state index contributed by atoms with van der Waals surface area (Å²) in [7, 11) is 0. The van der Waals surface area contributed by atoms with Gasteiger partial charge in [-0.1, -0.05) is 139 Å². The Morgan fingerprint density at radius 3 is 1.54 bits per heavy atom. The highest BCUT2D eigenvalue weighted by Gasteiger charge is 2.61. The second kappa shape index (κ2) is 13.1. The van der Waals surface area contributed by atoms with Crippen molar-refractivity contribution in [2.45, 2.75) is 115 Å². The second-order valence-corrected chi connectivity index (χ2v) is 21.7. The molecule has 1 heteroatoms. The third kappa shape index (κ3) is 5.77. The molecule has 0 aromatic heterocycles. The van der Waals surface area contributed by atoms with E-state index in [2.05, 4.69) is 187 Å². The first-order valence-corrected chi connectivity index (χ1v) is 22.8. The molecule has 0 amide bonds. The summed E-state index contributed by atoms with van der Waals surface area (Å²) >= 11 is 0. The van der Waals surface area contributed by atoms with Gasteiger partial charge in [0.25, 0.3) is 0 Å². The molecule has 0 radical (unpaired) electrons. The zero-order valence-corrected chi connectivity index (χ0v) is 36.4. The van der Waals surface area contributed by atoms with E-state index in [4.69, 9.17) is 0 Å². The van der Waals surface area contributed by atoms with Gasteiger partial charge in [-0.3, -0.25) is 0 Å². The van der Waals surface area contributed by atoms with E-state index < -0.39 is 0 Å². The fourth-order valence-corrected chi connectivity index (χ4v) is 13.3. The van der Waals surface area contributed by atoms with Gasteiger partial charge in [-0.15, -0.1) is 0 Å². The van der Waals surface area contributed by atoms with Crippen LogP contribution in [0.25, 0.3) is 33.4 Å². The quantitative estimate of drug-likeness (QED) is 0.169. The van der Waals surface area contributed by atoms with E-state index in [0.717, 1.165) is 11.8 Å². The van der Waals surface area contributed by atoms with E-state index in [1.54, 1.807) is 11.1 Å². The molecule has 298 valence electrons. The van der Waals surface area contributed by atoms with Crippen LogP contribution in [-0.2, 0) is 21.7 Å². The van der Waals surface area contributed by atoms with Gasteiger partial charge in [-0.25, -0.2) is 0 Å². The molecule has 6 aliphatic rings. The number of anilines is 3. The Morgan fingerprint density at radius 1 is 0.441 bits per heavy atom. The van der Waals surface area contributed by atoms with Crippen molar-refractivity contribution in [2.75, 3.05) is 4.90 Å². The largest absolute Gasteiger partial charge is 0.310 e. The van der Waals surface area contributed by atoms with Crippen molar-refractivity contribution in [3.8, 4) is 33.4 Å². The van der Waals surface area contributed by atoms with Crippen LogP contribution in [0.4, 0.5) is 17.1 Å². The van der Waals surface area contributed by atoms with Crippen molar-refractivity contribution in [2.24, 2.45) is 23.7 Å². The lowest BCUT2D eigenvalue weighted by molar-refractivity contribution is -0.0399. The highest BCUT2D eigenvalue weighted by Crippen LogP contribution is 2.70. The van der Waals surface area contributed by atoms with Crippen LogP contribution < -0.4 is 4.90 Å². The minimum atomic E-state index is 0.0557. The normalized spacial score (nSPS) is 25.4. The van der Waals surface area contributed by atoms with E-state index in [1.807, 2.05) is 0 Å². The lowest BCUT2D eigenvalue weighted by Crippen LogP contribution is -2.55. The maximum atomic E-state index is 2.68. The number of rotatable bonds is 5. The van der Waals surface area contributed by atoms with Crippen molar-refractivity contribution in [1.82, 2.24) is 0 Å². The highest BCUT2D eigenvalue weighted by molar-refractivity contribution is 5.88. The number of nitrogens with zero attached hydrogens (tertiary/aromatic N) is 1. The predicted molar refractivity (Wildman–Crippen MR) is 249 cm³/mol. The first-order chi connectivity index (χ1) is 28.3. The van der Waals surface area contributed by atoms with Crippen LogP contribution in [0.1, 0.15) is 121 Å². The Kier molecular flexibility index (Phi) is 8.22. The van der Waals surface area contributed by atoms with Crippen LogP contribution in [0.15, 0.2) is 133 Å². The third-order valence-corrected chi connectivity index (χ3v) is 16.3. The molecule has 0 heterocycles. The minimum Gasteiger partial charge on any atom is -0.310 e. The second-order valence-electron chi connectivity index (χ2n) is 21.7. The zero-order valence-electron chi connectivity index (χ0n) is 36.4. The molecule has 0 atom stereocenters. The van der Waals surface area contributed by atoms with Crippen molar-refractivity contribution >= 4 is 17.1 Å². The lowest BCUT2D eigenvalue weighted by Gasteiger charge is -2.61. The molecule has 59 heavy (non-hydrogen) atoms. The molecule has 1 spiro atoms. The van der Waals surface area contributed by atoms with Crippen LogP contribution in [0.5, 0.6) is 0 Å². The van der Waals surface area contributed by atoms with Gasteiger partial charge in [0.2, 0.25) is 0 Å². The van der Waals surface area contributed by atoms with Gasteiger partial charge < -0.3 is 4.90 Å². The van der Waals surface area contributed by atoms with Crippen LogP contribution in [0.3, 0.4) is 0 Å². The first kappa shape index (κ1) is 37.1. The molecule has 6 aliphatic carbocycles. The van der Waals surface area contributed by atoms with Gasteiger partial charge in [0, 0.05) is 22.5 Å². The lowest BCUT2D eigenvalue weighted by atomic mass is 9.43. The molecular weight excluding hydrogens is 711 g/mol. The Balaban J connectivity index is 1.09. The predicted octanol–water partition coefficient (Wildman–Crippen LogP) is 15.9. The van der Waals surface area contributed by atoms with Gasteiger partial charge in [-0.2, -0.15) is 0 Å². The molecule has 4 saturated carbocycles. The van der Waals surface area contributed by atoms with Crippen LogP contribution in [-0.4, -0.2) is 0 Å². The summed E-state index contributed by atoms with van der Waals surface area (Å²) < 4.78 is 0.